The van der Waals surface area contributed by atoms with Gasteiger partial charge in [-0.1, -0.05) is 0 Å². The molecule has 9 heteroatoms. The first-order valence-corrected chi connectivity index (χ1v) is 10.3. The Morgan fingerprint density at radius 1 is 0.929 bits per heavy atom. The summed E-state index contributed by atoms with van der Waals surface area (Å²) in [6.45, 7) is 5.84. The van der Waals surface area contributed by atoms with Crippen LogP contribution in [0.2, 0.25) is 0 Å². The summed E-state index contributed by atoms with van der Waals surface area (Å²) < 4.78 is 0. The Kier molecular flexibility index (Phi) is 11.5. The van der Waals surface area contributed by atoms with Gasteiger partial charge in [0.25, 0.3) is 0 Å². The van der Waals surface area contributed by atoms with Crippen molar-refractivity contribution in [3.63, 3.8) is 0 Å². The lowest BCUT2D eigenvalue weighted by Gasteiger charge is -2.41. The van der Waals surface area contributed by atoms with Crippen LogP contribution in [0.3, 0.4) is 0 Å². The zero-order chi connectivity index (χ0) is 18.4. The lowest BCUT2D eigenvalue weighted by molar-refractivity contribution is -0.137. The van der Waals surface area contributed by atoms with E-state index in [1.807, 2.05) is 4.90 Å². The van der Waals surface area contributed by atoms with Crippen LogP contribution in [0.1, 0.15) is 51.4 Å². The standard InChI is InChI=1S/C19H34N4O3.2ClH/c24-18(25)6-3-15-1-4-16(5-2-15)21-19(26)23-13-11-22(12-14-23)17-7-9-20-10-8-17;;/h15-17,20H,1-14H2,(H,21,26)(H,24,25);2*1H. The lowest BCUT2D eigenvalue weighted by atomic mass is 9.83. The Morgan fingerprint density at radius 2 is 1.54 bits per heavy atom. The number of nitrogens with one attached hydrogen (secondary N) is 2. The highest BCUT2D eigenvalue weighted by atomic mass is 35.5. The van der Waals surface area contributed by atoms with Crippen molar-refractivity contribution in [2.45, 2.75) is 63.5 Å². The van der Waals surface area contributed by atoms with Crippen molar-refractivity contribution < 1.29 is 14.7 Å². The van der Waals surface area contributed by atoms with Gasteiger partial charge in [-0.3, -0.25) is 9.69 Å². The van der Waals surface area contributed by atoms with Crippen LogP contribution in [0.25, 0.3) is 0 Å². The normalized spacial score (nSPS) is 26.6. The van der Waals surface area contributed by atoms with Gasteiger partial charge in [0.1, 0.15) is 0 Å². The molecular formula is C19H36Cl2N4O3. The quantitative estimate of drug-likeness (QED) is 0.613. The zero-order valence-electron chi connectivity index (χ0n) is 16.6. The van der Waals surface area contributed by atoms with E-state index in [9.17, 15) is 9.59 Å². The Balaban J connectivity index is 0.00000196. The SMILES string of the molecule is Cl.Cl.O=C(O)CCC1CCC(NC(=O)N2CCN(C3CCNCC3)CC2)CC1. The van der Waals surface area contributed by atoms with Crippen molar-refractivity contribution in [1.82, 2.24) is 20.4 Å². The van der Waals surface area contributed by atoms with Gasteiger partial charge < -0.3 is 20.6 Å². The Hall–Kier alpha value is -0.760. The monoisotopic (exact) mass is 438 g/mol. The number of nitrogens with zero attached hydrogens (tertiary/aromatic N) is 2. The van der Waals surface area contributed by atoms with E-state index in [0.717, 1.165) is 71.4 Å². The smallest absolute Gasteiger partial charge is 0.317 e. The molecule has 2 saturated heterocycles. The van der Waals surface area contributed by atoms with Gasteiger partial charge in [-0.2, -0.15) is 0 Å². The first kappa shape index (κ1) is 25.3. The number of piperazine rings is 1. The highest BCUT2D eigenvalue weighted by molar-refractivity contribution is 5.85. The average molecular weight is 439 g/mol. The first-order chi connectivity index (χ1) is 12.6. The van der Waals surface area contributed by atoms with Gasteiger partial charge in [0.05, 0.1) is 0 Å². The molecule has 164 valence electrons. The summed E-state index contributed by atoms with van der Waals surface area (Å²) in [5.41, 5.74) is 0. The number of piperidine rings is 1. The number of carbonyl (C=O) groups excluding carboxylic acids is 1. The summed E-state index contributed by atoms with van der Waals surface area (Å²) in [6, 6.07) is 1.03. The molecule has 3 rings (SSSR count). The van der Waals surface area contributed by atoms with Crippen LogP contribution in [-0.2, 0) is 4.79 Å². The molecule has 0 aromatic heterocycles. The van der Waals surface area contributed by atoms with Crippen LogP contribution in [0.15, 0.2) is 0 Å². The molecule has 3 aliphatic rings. The predicted molar refractivity (Wildman–Crippen MR) is 115 cm³/mol. The number of hydrogen-bond donors (Lipinski definition) is 3. The summed E-state index contributed by atoms with van der Waals surface area (Å²) in [7, 11) is 0. The Bertz CT molecular complexity index is 476. The molecule has 0 spiro atoms. The molecule has 0 radical (unpaired) electrons. The molecule has 28 heavy (non-hydrogen) atoms. The molecular weight excluding hydrogens is 403 g/mol. The molecule has 2 aliphatic heterocycles. The average Bonchev–Trinajstić information content (AvgIpc) is 2.68. The summed E-state index contributed by atoms with van der Waals surface area (Å²) >= 11 is 0. The third kappa shape index (κ3) is 7.58. The number of carbonyl (C=O) groups is 2. The van der Waals surface area contributed by atoms with Crippen LogP contribution in [0, 0.1) is 5.92 Å². The fraction of sp³-hybridized carbons (Fsp3) is 0.895. The largest absolute Gasteiger partial charge is 0.481 e. The minimum Gasteiger partial charge on any atom is -0.481 e. The van der Waals surface area contributed by atoms with Crippen LogP contribution in [-0.4, -0.2) is 78.3 Å². The second-order valence-electron chi connectivity index (χ2n) is 8.10. The van der Waals surface area contributed by atoms with E-state index in [1.54, 1.807) is 0 Å². The van der Waals surface area contributed by atoms with Crippen molar-refractivity contribution in [1.29, 1.82) is 0 Å². The number of rotatable bonds is 5. The van der Waals surface area contributed by atoms with E-state index < -0.39 is 5.97 Å². The summed E-state index contributed by atoms with van der Waals surface area (Å²) in [5, 5.41) is 15.4. The number of halogens is 2. The summed E-state index contributed by atoms with van der Waals surface area (Å²) in [5.74, 6) is -0.197. The molecule has 0 unspecified atom stereocenters. The van der Waals surface area contributed by atoms with Gasteiger partial charge in [0, 0.05) is 44.7 Å². The molecule has 1 saturated carbocycles. The van der Waals surface area contributed by atoms with Gasteiger partial charge in [-0.25, -0.2) is 4.79 Å². The summed E-state index contributed by atoms with van der Waals surface area (Å²) in [4.78, 5) is 27.8. The number of carboxylic acid groups (broad SMARTS) is 1. The third-order valence-corrected chi connectivity index (χ3v) is 6.37. The van der Waals surface area contributed by atoms with E-state index in [1.165, 1.54) is 12.8 Å². The number of aliphatic carboxylic acids is 1. The lowest BCUT2D eigenvalue weighted by Crippen LogP contribution is -2.56. The maximum Gasteiger partial charge on any atom is 0.317 e. The van der Waals surface area contributed by atoms with E-state index >= 15 is 0 Å². The Morgan fingerprint density at radius 3 is 2.11 bits per heavy atom. The maximum absolute atomic E-state index is 12.6. The topological polar surface area (TPSA) is 84.9 Å². The van der Waals surface area contributed by atoms with Crippen molar-refractivity contribution in [2.24, 2.45) is 5.92 Å². The van der Waals surface area contributed by atoms with Crippen molar-refractivity contribution in [3.8, 4) is 0 Å². The summed E-state index contributed by atoms with van der Waals surface area (Å²) in [6.07, 6.45) is 7.49. The molecule has 0 aromatic rings. The van der Waals surface area contributed by atoms with Crippen LogP contribution < -0.4 is 10.6 Å². The second kappa shape index (κ2) is 12.7. The molecule has 2 amide bonds. The van der Waals surface area contributed by atoms with Crippen molar-refractivity contribution in [2.75, 3.05) is 39.3 Å². The fourth-order valence-electron chi connectivity index (χ4n) is 4.65. The number of urea groups is 1. The first-order valence-electron chi connectivity index (χ1n) is 10.3. The van der Waals surface area contributed by atoms with E-state index in [-0.39, 0.29) is 43.3 Å². The highest BCUT2D eigenvalue weighted by Crippen LogP contribution is 2.28. The molecule has 0 atom stereocenters. The van der Waals surface area contributed by atoms with Gasteiger partial charge in [-0.05, 0) is 64.0 Å². The molecule has 0 bridgehead atoms. The fourth-order valence-corrected chi connectivity index (χ4v) is 4.65. The molecule has 3 N–H and O–H groups in total. The molecule has 7 nitrogen and oxygen atoms in total. The molecule has 3 fully saturated rings. The predicted octanol–water partition coefficient (Wildman–Crippen LogP) is 2.33. The van der Waals surface area contributed by atoms with Gasteiger partial charge in [-0.15, -0.1) is 24.8 Å². The van der Waals surface area contributed by atoms with Crippen molar-refractivity contribution >= 4 is 36.8 Å². The van der Waals surface area contributed by atoms with Crippen LogP contribution >= 0.6 is 24.8 Å². The van der Waals surface area contributed by atoms with E-state index in [0.29, 0.717) is 12.0 Å². The number of amides is 2. The number of hydrogen-bond acceptors (Lipinski definition) is 4. The number of carboxylic acids is 1. The minimum atomic E-state index is -0.705. The van der Waals surface area contributed by atoms with E-state index in [4.69, 9.17) is 5.11 Å². The molecule has 2 heterocycles. The highest BCUT2D eigenvalue weighted by Gasteiger charge is 2.29. The van der Waals surface area contributed by atoms with Crippen molar-refractivity contribution in [3.05, 3.63) is 0 Å². The molecule has 0 aromatic carbocycles. The molecule has 1 aliphatic carbocycles. The maximum atomic E-state index is 12.6. The van der Waals surface area contributed by atoms with Gasteiger partial charge in [0.15, 0.2) is 0 Å². The van der Waals surface area contributed by atoms with Crippen LogP contribution in [0.4, 0.5) is 4.79 Å². The van der Waals surface area contributed by atoms with Gasteiger partial charge in [0.2, 0.25) is 0 Å². The van der Waals surface area contributed by atoms with Crippen LogP contribution in [0.5, 0.6) is 0 Å². The third-order valence-electron chi connectivity index (χ3n) is 6.37. The second-order valence-corrected chi connectivity index (χ2v) is 8.10. The minimum absolute atomic E-state index is 0. The van der Waals surface area contributed by atoms with Gasteiger partial charge >= 0.3 is 12.0 Å². The zero-order valence-corrected chi connectivity index (χ0v) is 18.2. The Labute approximate surface area is 180 Å². The van der Waals surface area contributed by atoms with E-state index in [2.05, 4.69) is 15.5 Å².